The molecular formula is C20H23NO3. The molecule has 0 N–H and O–H groups in total. The fourth-order valence-electron chi connectivity index (χ4n) is 3.42. The lowest BCUT2D eigenvalue weighted by molar-refractivity contribution is -0.0442. The Hall–Kier alpha value is -2.04. The molecule has 1 fully saturated rings. The molecule has 2 aliphatic heterocycles. The molecule has 0 aliphatic carbocycles. The van der Waals surface area contributed by atoms with Crippen LogP contribution in [0.5, 0.6) is 5.75 Å². The molecule has 0 amide bonds. The van der Waals surface area contributed by atoms with Crippen LogP contribution in [0.25, 0.3) is 0 Å². The van der Waals surface area contributed by atoms with Crippen LogP contribution in [0.15, 0.2) is 48.5 Å². The predicted molar refractivity (Wildman–Crippen MR) is 93.6 cm³/mol. The van der Waals surface area contributed by atoms with Crippen molar-refractivity contribution in [1.82, 2.24) is 0 Å². The van der Waals surface area contributed by atoms with Gasteiger partial charge in [-0.3, -0.25) is 0 Å². The van der Waals surface area contributed by atoms with Gasteiger partial charge in [0.25, 0.3) is 0 Å². The summed E-state index contributed by atoms with van der Waals surface area (Å²) in [4.78, 5) is 2.42. The number of hydrogen-bond acceptors (Lipinski definition) is 4. The second-order valence-electron chi connectivity index (χ2n) is 6.21. The van der Waals surface area contributed by atoms with Gasteiger partial charge >= 0.3 is 0 Å². The Balaban J connectivity index is 1.35. The second-order valence-corrected chi connectivity index (χ2v) is 6.21. The molecule has 2 aliphatic rings. The van der Waals surface area contributed by atoms with Gasteiger partial charge in [-0.15, -0.1) is 0 Å². The van der Waals surface area contributed by atoms with Gasteiger partial charge in [0.1, 0.15) is 12.4 Å². The summed E-state index contributed by atoms with van der Waals surface area (Å²) in [6.45, 7) is 3.99. The van der Waals surface area contributed by atoms with Crippen LogP contribution < -0.4 is 9.64 Å². The zero-order chi connectivity index (χ0) is 16.2. The third-order valence-electron chi connectivity index (χ3n) is 4.59. The lowest BCUT2D eigenvalue weighted by atomic mass is 10.0. The summed E-state index contributed by atoms with van der Waals surface area (Å²) in [5.41, 5.74) is 3.82. The van der Waals surface area contributed by atoms with Crippen LogP contribution in [-0.4, -0.2) is 32.9 Å². The van der Waals surface area contributed by atoms with Crippen molar-refractivity contribution in [3.63, 3.8) is 0 Å². The molecule has 4 heteroatoms. The minimum Gasteiger partial charge on any atom is -0.492 e. The van der Waals surface area contributed by atoms with Crippen LogP contribution in [0.4, 0.5) is 5.69 Å². The van der Waals surface area contributed by atoms with Gasteiger partial charge < -0.3 is 19.1 Å². The number of hydrogen-bond donors (Lipinski definition) is 0. The highest BCUT2D eigenvalue weighted by molar-refractivity contribution is 5.55. The lowest BCUT2D eigenvalue weighted by Crippen LogP contribution is -2.33. The Morgan fingerprint density at radius 1 is 1.04 bits per heavy atom. The minimum absolute atomic E-state index is 0.248. The number of aryl methyl sites for hydroxylation is 1. The SMILES string of the molecule is c1cc(OCCN2CCCc3ccccc32)cc(C2OCCO2)c1. The fraction of sp³-hybridized carbons (Fsp3) is 0.400. The van der Waals surface area contributed by atoms with Gasteiger partial charge in [-0.1, -0.05) is 30.3 Å². The standard InChI is InChI=1S/C20H23NO3/c1-2-9-19-16(5-1)7-4-10-21(19)11-12-22-18-8-3-6-17(15-18)20-23-13-14-24-20/h1-3,5-6,8-9,15,20H,4,7,10-14H2. The van der Waals surface area contributed by atoms with Crippen LogP contribution in [0.1, 0.15) is 23.8 Å². The molecular weight excluding hydrogens is 302 g/mol. The molecule has 0 aromatic heterocycles. The molecule has 0 bridgehead atoms. The average molecular weight is 325 g/mol. The van der Waals surface area contributed by atoms with Crippen molar-refractivity contribution in [3.8, 4) is 5.75 Å². The number of para-hydroxylation sites is 1. The van der Waals surface area contributed by atoms with E-state index in [9.17, 15) is 0 Å². The fourth-order valence-corrected chi connectivity index (χ4v) is 3.42. The zero-order valence-corrected chi connectivity index (χ0v) is 13.8. The van der Waals surface area contributed by atoms with E-state index >= 15 is 0 Å². The highest BCUT2D eigenvalue weighted by Crippen LogP contribution is 2.27. The summed E-state index contributed by atoms with van der Waals surface area (Å²) in [6.07, 6.45) is 2.14. The smallest absolute Gasteiger partial charge is 0.184 e. The van der Waals surface area contributed by atoms with E-state index < -0.39 is 0 Å². The molecule has 126 valence electrons. The van der Waals surface area contributed by atoms with Gasteiger partial charge in [0.15, 0.2) is 6.29 Å². The first-order chi connectivity index (χ1) is 11.9. The first-order valence-corrected chi connectivity index (χ1v) is 8.69. The molecule has 4 nitrogen and oxygen atoms in total. The molecule has 2 heterocycles. The van der Waals surface area contributed by atoms with E-state index in [1.54, 1.807) is 0 Å². The minimum atomic E-state index is -0.248. The number of nitrogens with zero attached hydrogens (tertiary/aromatic N) is 1. The van der Waals surface area contributed by atoms with E-state index in [0.717, 1.165) is 24.4 Å². The van der Waals surface area contributed by atoms with Gasteiger partial charge in [-0.05, 0) is 36.6 Å². The lowest BCUT2D eigenvalue weighted by Gasteiger charge is -2.31. The Kier molecular flexibility index (Phi) is 4.67. The normalized spacial score (nSPS) is 17.8. The van der Waals surface area contributed by atoms with Gasteiger partial charge in [-0.25, -0.2) is 0 Å². The van der Waals surface area contributed by atoms with Crippen LogP contribution in [0, 0.1) is 0 Å². The quantitative estimate of drug-likeness (QED) is 0.841. The van der Waals surface area contributed by atoms with E-state index in [2.05, 4.69) is 29.2 Å². The van der Waals surface area contributed by atoms with Crippen molar-refractivity contribution in [3.05, 3.63) is 59.7 Å². The van der Waals surface area contributed by atoms with Crippen molar-refractivity contribution >= 4 is 5.69 Å². The molecule has 0 unspecified atom stereocenters. The van der Waals surface area contributed by atoms with Gasteiger partial charge in [0.2, 0.25) is 0 Å². The summed E-state index contributed by atoms with van der Waals surface area (Å²) in [6, 6.07) is 16.7. The molecule has 0 saturated carbocycles. The Labute approximate surface area is 142 Å². The van der Waals surface area contributed by atoms with Crippen molar-refractivity contribution in [1.29, 1.82) is 0 Å². The van der Waals surface area contributed by atoms with Crippen LogP contribution in [0.3, 0.4) is 0 Å². The largest absolute Gasteiger partial charge is 0.492 e. The van der Waals surface area contributed by atoms with Crippen molar-refractivity contribution in [2.75, 3.05) is 37.8 Å². The third kappa shape index (κ3) is 3.40. The van der Waals surface area contributed by atoms with Gasteiger partial charge in [0.05, 0.1) is 19.8 Å². The summed E-state index contributed by atoms with van der Waals surface area (Å²) < 4.78 is 17.1. The van der Waals surface area contributed by atoms with Crippen LogP contribution >= 0.6 is 0 Å². The molecule has 24 heavy (non-hydrogen) atoms. The van der Waals surface area contributed by atoms with Crippen molar-refractivity contribution in [2.45, 2.75) is 19.1 Å². The third-order valence-corrected chi connectivity index (χ3v) is 4.59. The molecule has 0 radical (unpaired) electrons. The second kappa shape index (κ2) is 7.24. The first kappa shape index (κ1) is 15.5. The molecule has 0 atom stereocenters. The van der Waals surface area contributed by atoms with E-state index in [0.29, 0.717) is 19.8 Å². The molecule has 0 spiro atoms. The topological polar surface area (TPSA) is 30.9 Å². The Bertz CT molecular complexity index is 682. The highest BCUT2D eigenvalue weighted by atomic mass is 16.7. The summed E-state index contributed by atoms with van der Waals surface area (Å²) in [7, 11) is 0. The average Bonchev–Trinajstić information content (AvgIpc) is 3.17. The first-order valence-electron chi connectivity index (χ1n) is 8.69. The maximum atomic E-state index is 5.97. The van der Waals surface area contributed by atoms with Gasteiger partial charge in [-0.2, -0.15) is 0 Å². The predicted octanol–water partition coefficient (Wildman–Crippen LogP) is 3.56. The molecule has 1 saturated heterocycles. The van der Waals surface area contributed by atoms with Crippen LogP contribution in [-0.2, 0) is 15.9 Å². The van der Waals surface area contributed by atoms with Crippen LogP contribution in [0.2, 0.25) is 0 Å². The monoisotopic (exact) mass is 325 g/mol. The van der Waals surface area contributed by atoms with E-state index in [-0.39, 0.29) is 6.29 Å². The number of ether oxygens (including phenoxy) is 3. The maximum absolute atomic E-state index is 5.97. The number of fused-ring (bicyclic) bond motifs is 1. The highest BCUT2D eigenvalue weighted by Gasteiger charge is 2.19. The number of anilines is 1. The maximum Gasteiger partial charge on any atom is 0.184 e. The molecule has 2 aromatic carbocycles. The summed E-state index contributed by atoms with van der Waals surface area (Å²) in [5.74, 6) is 0.872. The summed E-state index contributed by atoms with van der Waals surface area (Å²) in [5, 5.41) is 0. The molecule has 4 rings (SSSR count). The Morgan fingerprint density at radius 2 is 1.92 bits per heavy atom. The zero-order valence-electron chi connectivity index (χ0n) is 13.8. The van der Waals surface area contributed by atoms with Crippen molar-refractivity contribution in [2.24, 2.45) is 0 Å². The number of rotatable bonds is 5. The Morgan fingerprint density at radius 3 is 2.83 bits per heavy atom. The van der Waals surface area contributed by atoms with Gasteiger partial charge in [0, 0.05) is 17.8 Å². The van der Waals surface area contributed by atoms with E-state index in [1.807, 2.05) is 24.3 Å². The number of benzene rings is 2. The molecule has 2 aromatic rings. The van der Waals surface area contributed by atoms with E-state index in [4.69, 9.17) is 14.2 Å². The van der Waals surface area contributed by atoms with Crippen molar-refractivity contribution < 1.29 is 14.2 Å². The van der Waals surface area contributed by atoms with E-state index in [1.165, 1.54) is 24.1 Å². The summed E-state index contributed by atoms with van der Waals surface area (Å²) >= 11 is 0.